The molecule has 3 N–H and O–H groups in total. The molecule has 1 unspecified atom stereocenters. The first-order valence-corrected chi connectivity index (χ1v) is 5.24. The number of carboxylic acids is 1. The average Bonchev–Trinajstić information content (AvgIpc) is 2.24. The minimum absolute atomic E-state index is 0.0333. The van der Waals surface area contributed by atoms with Gasteiger partial charge < -0.3 is 15.5 Å². The minimum atomic E-state index is -1.08. The number of rotatable bonds is 4. The maximum absolute atomic E-state index is 11.7. The van der Waals surface area contributed by atoms with Gasteiger partial charge in [-0.3, -0.25) is 4.79 Å². The second kappa shape index (κ2) is 5.34. The number of amides is 1. The Labute approximate surface area is 99.1 Å². The van der Waals surface area contributed by atoms with Gasteiger partial charge in [0, 0.05) is 5.56 Å². The number of phenolic OH excluding ortho intramolecular Hbond substituents is 1. The predicted molar refractivity (Wildman–Crippen MR) is 61.8 cm³/mol. The van der Waals surface area contributed by atoms with Crippen molar-refractivity contribution < 1.29 is 19.8 Å². The molecule has 0 aliphatic carbocycles. The van der Waals surface area contributed by atoms with E-state index in [9.17, 15) is 14.7 Å². The summed E-state index contributed by atoms with van der Waals surface area (Å²) in [6.07, 6.45) is 0. The minimum Gasteiger partial charge on any atom is -0.508 e. The first kappa shape index (κ1) is 13.0. The third kappa shape index (κ3) is 3.48. The third-order valence-electron chi connectivity index (χ3n) is 2.33. The van der Waals surface area contributed by atoms with E-state index >= 15 is 0 Å². The Hall–Kier alpha value is -2.04. The largest absolute Gasteiger partial charge is 0.508 e. The number of hydrogen-bond acceptors (Lipinski definition) is 3. The Balaban J connectivity index is 2.81. The molecule has 0 fully saturated rings. The van der Waals surface area contributed by atoms with E-state index in [1.54, 1.807) is 13.8 Å². The fraction of sp³-hybridized carbons (Fsp3) is 0.333. The van der Waals surface area contributed by atoms with Crippen LogP contribution in [0.1, 0.15) is 24.2 Å². The first-order chi connectivity index (χ1) is 7.91. The average molecular weight is 237 g/mol. The van der Waals surface area contributed by atoms with Gasteiger partial charge in [-0.05, 0) is 24.1 Å². The quantitative estimate of drug-likeness (QED) is 0.735. The number of nitrogens with one attached hydrogen (secondary N) is 1. The zero-order valence-electron chi connectivity index (χ0n) is 9.68. The zero-order chi connectivity index (χ0) is 13.0. The van der Waals surface area contributed by atoms with Crippen molar-refractivity contribution in [3.63, 3.8) is 0 Å². The highest BCUT2D eigenvalue weighted by Gasteiger charge is 2.23. The molecular formula is C12H15NO4. The standard InChI is InChI=1S/C12H15NO4/c1-7(2)10(12(16)17)13-11(15)8-4-3-5-9(14)6-8/h3-7,10,14H,1-2H3,(H,13,15)(H,16,17). The van der Waals surface area contributed by atoms with E-state index < -0.39 is 17.9 Å². The highest BCUT2D eigenvalue weighted by Crippen LogP contribution is 2.11. The summed E-state index contributed by atoms with van der Waals surface area (Å²) in [4.78, 5) is 22.6. The first-order valence-electron chi connectivity index (χ1n) is 5.24. The lowest BCUT2D eigenvalue weighted by Crippen LogP contribution is -2.44. The maximum atomic E-state index is 11.7. The lowest BCUT2D eigenvalue weighted by molar-refractivity contribution is -0.140. The second-order valence-corrected chi connectivity index (χ2v) is 4.08. The van der Waals surface area contributed by atoms with Gasteiger partial charge in [0.15, 0.2) is 0 Å². The van der Waals surface area contributed by atoms with Gasteiger partial charge in [0.1, 0.15) is 11.8 Å². The molecule has 0 bridgehead atoms. The third-order valence-corrected chi connectivity index (χ3v) is 2.33. The molecule has 92 valence electrons. The van der Waals surface area contributed by atoms with Gasteiger partial charge in [-0.15, -0.1) is 0 Å². The Morgan fingerprint density at radius 1 is 1.29 bits per heavy atom. The lowest BCUT2D eigenvalue weighted by atomic mass is 10.0. The smallest absolute Gasteiger partial charge is 0.326 e. The van der Waals surface area contributed by atoms with Gasteiger partial charge >= 0.3 is 5.97 Å². The van der Waals surface area contributed by atoms with Crippen molar-refractivity contribution in [1.82, 2.24) is 5.32 Å². The molecular weight excluding hydrogens is 222 g/mol. The number of aliphatic carboxylic acids is 1. The molecule has 17 heavy (non-hydrogen) atoms. The van der Waals surface area contributed by atoms with Crippen LogP contribution >= 0.6 is 0 Å². The molecule has 0 aliphatic heterocycles. The molecule has 0 saturated carbocycles. The van der Waals surface area contributed by atoms with Gasteiger partial charge in [-0.25, -0.2) is 4.79 Å². The molecule has 1 rings (SSSR count). The van der Waals surface area contributed by atoms with Crippen LogP contribution in [0.3, 0.4) is 0 Å². The van der Waals surface area contributed by atoms with Crippen molar-refractivity contribution in [2.45, 2.75) is 19.9 Å². The summed E-state index contributed by atoms with van der Waals surface area (Å²) in [6, 6.07) is 4.82. The maximum Gasteiger partial charge on any atom is 0.326 e. The summed E-state index contributed by atoms with van der Waals surface area (Å²) in [6.45, 7) is 3.42. The number of aromatic hydroxyl groups is 1. The SMILES string of the molecule is CC(C)C(NC(=O)c1cccc(O)c1)C(=O)O. The Kier molecular flexibility index (Phi) is 4.09. The van der Waals surface area contributed by atoms with Gasteiger partial charge in [-0.1, -0.05) is 19.9 Å². The van der Waals surface area contributed by atoms with E-state index in [1.807, 2.05) is 0 Å². The highest BCUT2D eigenvalue weighted by molar-refractivity contribution is 5.96. The predicted octanol–water partition coefficient (Wildman–Crippen LogP) is 1.23. The van der Waals surface area contributed by atoms with E-state index in [-0.39, 0.29) is 17.2 Å². The topological polar surface area (TPSA) is 86.6 Å². The van der Waals surface area contributed by atoms with Crippen molar-refractivity contribution >= 4 is 11.9 Å². The highest BCUT2D eigenvalue weighted by atomic mass is 16.4. The molecule has 1 amide bonds. The number of hydrogen-bond donors (Lipinski definition) is 3. The van der Waals surface area contributed by atoms with Gasteiger partial charge in [-0.2, -0.15) is 0 Å². The summed E-state index contributed by atoms with van der Waals surface area (Å²) >= 11 is 0. The second-order valence-electron chi connectivity index (χ2n) is 4.08. The normalized spacial score (nSPS) is 12.2. The molecule has 1 aromatic carbocycles. The van der Waals surface area contributed by atoms with Crippen molar-refractivity contribution in [3.8, 4) is 5.75 Å². The number of carboxylic acid groups (broad SMARTS) is 1. The van der Waals surface area contributed by atoms with Crippen LogP contribution in [0.5, 0.6) is 5.75 Å². The fourth-order valence-electron chi connectivity index (χ4n) is 1.39. The Bertz CT molecular complexity index is 428. The van der Waals surface area contributed by atoms with Crippen molar-refractivity contribution in [3.05, 3.63) is 29.8 Å². The van der Waals surface area contributed by atoms with E-state index in [2.05, 4.69) is 5.32 Å². The number of carbonyl (C=O) groups excluding carboxylic acids is 1. The van der Waals surface area contributed by atoms with Gasteiger partial charge in [0.25, 0.3) is 5.91 Å². The van der Waals surface area contributed by atoms with Crippen LogP contribution < -0.4 is 5.32 Å². The Morgan fingerprint density at radius 2 is 1.94 bits per heavy atom. The summed E-state index contributed by atoms with van der Waals surface area (Å²) in [5.74, 6) is -1.83. The summed E-state index contributed by atoms with van der Waals surface area (Å²) in [5, 5.41) is 20.6. The number of phenols is 1. The molecule has 0 spiro atoms. The summed E-state index contributed by atoms with van der Waals surface area (Å²) < 4.78 is 0. The van der Waals surface area contributed by atoms with Crippen molar-refractivity contribution in [1.29, 1.82) is 0 Å². The molecule has 5 heteroatoms. The van der Waals surface area contributed by atoms with Crippen molar-refractivity contribution in [2.75, 3.05) is 0 Å². The molecule has 0 aliphatic rings. The number of carbonyl (C=O) groups is 2. The Morgan fingerprint density at radius 3 is 2.41 bits per heavy atom. The molecule has 1 atom stereocenters. The molecule has 0 saturated heterocycles. The number of benzene rings is 1. The van der Waals surface area contributed by atoms with E-state index in [1.165, 1.54) is 24.3 Å². The van der Waals surface area contributed by atoms with E-state index in [4.69, 9.17) is 5.11 Å². The van der Waals surface area contributed by atoms with E-state index in [0.717, 1.165) is 0 Å². The molecule has 5 nitrogen and oxygen atoms in total. The van der Waals surface area contributed by atoms with Gasteiger partial charge in [0.05, 0.1) is 0 Å². The monoisotopic (exact) mass is 237 g/mol. The van der Waals surface area contributed by atoms with Crippen molar-refractivity contribution in [2.24, 2.45) is 5.92 Å². The zero-order valence-corrected chi connectivity index (χ0v) is 9.68. The van der Waals surface area contributed by atoms with Crippen LogP contribution in [0.25, 0.3) is 0 Å². The molecule has 1 aromatic rings. The van der Waals surface area contributed by atoms with Crippen LogP contribution in [0, 0.1) is 5.92 Å². The summed E-state index contributed by atoms with van der Waals surface area (Å²) in [7, 11) is 0. The van der Waals surface area contributed by atoms with Crippen LogP contribution in [0.4, 0.5) is 0 Å². The fourth-order valence-corrected chi connectivity index (χ4v) is 1.39. The van der Waals surface area contributed by atoms with Gasteiger partial charge in [0.2, 0.25) is 0 Å². The molecule has 0 radical (unpaired) electrons. The van der Waals surface area contributed by atoms with Crippen LogP contribution in [0.2, 0.25) is 0 Å². The van der Waals surface area contributed by atoms with Crippen LogP contribution in [-0.4, -0.2) is 28.1 Å². The van der Waals surface area contributed by atoms with Crippen LogP contribution in [0.15, 0.2) is 24.3 Å². The lowest BCUT2D eigenvalue weighted by Gasteiger charge is -2.17. The van der Waals surface area contributed by atoms with E-state index in [0.29, 0.717) is 0 Å². The molecule has 0 aromatic heterocycles. The van der Waals surface area contributed by atoms with Crippen LogP contribution in [-0.2, 0) is 4.79 Å². The molecule has 0 heterocycles. The summed E-state index contributed by atoms with van der Waals surface area (Å²) in [5.41, 5.74) is 0.233.